The van der Waals surface area contributed by atoms with Gasteiger partial charge >= 0.3 is 0 Å². The van der Waals surface area contributed by atoms with E-state index in [9.17, 15) is 9.50 Å². The van der Waals surface area contributed by atoms with Gasteiger partial charge < -0.3 is 10.4 Å². The second-order valence-electron chi connectivity index (χ2n) is 4.47. The van der Waals surface area contributed by atoms with Gasteiger partial charge in [0.15, 0.2) is 0 Å². The van der Waals surface area contributed by atoms with Gasteiger partial charge in [-0.25, -0.2) is 4.39 Å². The smallest absolute Gasteiger partial charge is 0.129 e. The molecule has 0 spiro atoms. The molecule has 0 aromatic heterocycles. The monoisotopic (exact) mass is 272 g/mol. The number of nitrogens with one attached hydrogen (secondary N) is 1. The van der Waals surface area contributed by atoms with Crippen molar-refractivity contribution in [1.29, 1.82) is 0 Å². The number of rotatable bonds is 3. The Kier molecular flexibility index (Phi) is 4.95. The maximum Gasteiger partial charge on any atom is 0.129 e. The Hall–Kier alpha value is -0.680. The van der Waals surface area contributed by atoms with E-state index < -0.39 is 0 Å². The molecule has 1 atom stereocenters. The van der Waals surface area contributed by atoms with Crippen LogP contribution in [0.25, 0.3) is 0 Å². The number of benzene rings is 1. The normalized spacial score (nSPS) is 19.5. The lowest BCUT2D eigenvalue weighted by molar-refractivity contribution is 0.127. The molecular weight excluding hydrogens is 255 g/mol. The van der Waals surface area contributed by atoms with Crippen molar-refractivity contribution in [3.8, 4) is 0 Å². The minimum absolute atomic E-state index is 0.124. The molecule has 1 heterocycles. The Bertz CT molecular complexity index is 374. The third-order valence-corrected chi connectivity index (χ3v) is 3.65. The average Bonchev–Trinajstić information content (AvgIpc) is 2.63. The molecule has 2 rings (SSSR count). The number of hydrogen-bond donors (Lipinski definition) is 2. The van der Waals surface area contributed by atoms with Gasteiger partial charge in [-0.05, 0) is 25.1 Å². The molecule has 0 amide bonds. The molecule has 0 aliphatic carbocycles. The van der Waals surface area contributed by atoms with Crippen LogP contribution in [0.15, 0.2) is 18.2 Å². The van der Waals surface area contributed by atoms with Crippen molar-refractivity contribution in [2.24, 2.45) is 0 Å². The summed E-state index contributed by atoms with van der Waals surface area (Å²) in [5, 5.41) is 13.3. The topological polar surface area (TPSA) is 35.5 Å². The lowest BCUT2D eigenvalue weighted by Gasteiger charge is -2.30. The summed E-state index contributed by atoms with van der Waals surface area (Å²) >= 11 is 6.07. The molecule has 1 fully saturated rings. The van der Waals surface area contributed by atoms with Crippen LogP contribution >= 0.6 is 11.6 Å². The van der Waals surface area contributed by atoms with Gasteiger partial charge in [0, 0.05) is 30.2 Å². The van der Waals surface area contributed by atoms with Crippen molar-refractivity contribution >= 4 is 11.6 Å². The van der Waals surface area contributed by atoms with Crippen LogP contribution in [0.2, 0.25) is 5.02 Å². The molecule has 1 saturated heterocycles. The Morgan fingerprint density at radius 2 is 2.22 bits per heavy atom. The zero-order valence-electron chi connectivity index (χ0n) is 10.2. The van der Waals surface area contributed by atoms with Crippen LogP contribution in [-0.4, -0.2) is 42.8 Å². The van der Waals surface area contributed by atoms with E-state index >= 15 is 0 Å². The lowest BCUT2D eigenvalue weighted by atomic mass is 10.0. The van der Waals surface area contributed by atoms with Gasteiger partial charge in [0.2, 0.25) is 0 Å². The van der Waals surface area contributed by atoms with Crippen LogP contribution in [-0.2, 0) is 0 Å². The molecule has 1 aliphatic heterocycles. The Labute approximate surface area is 112 Å². The van der Waals surface area contributed by atoms with Crippen LogP contribution in [0, 0.1) is 5.82 Å². The summed E-state index contributed by atoms with van der Waals surface area (Å²) in [7, 11) is 0. The van der Waals surface area contributed by atoms with Crippen molar-refractivity contribution in [2.75, 3.05) is 32.8 Å². The number of hydrogen-bond acceptors (Lipinski definition) is 3. The minimum atomic E-state index is -0.362. The van der Waals surface area contributed by atoms with E-state index in [2.05, 4.69) is 10.2 Å². The highest BCUT2D eigenvalue weighted by Crippen LogP contribution is 2.30. The molecule has 5 heteroatoms. The minimum Gasteiger partial charge on any atom is -0.394 e. The second-order valence-corrected chi connectivity index (χ2v) is 4.88. The Morgan fingerprint density at radius 3 is 2.94 bits per heavy atom. The first-order valence-corrected chi connectivity index (χ1v) is 6.61. The molecule has 0 bridgehead atoms. The van der Waals surface area contributed by atoms with E-state index in [-0.39, 0.29) is 18.5 Å². The van der Waals surface area contributed by atoms with Crippen LogP contribution in [0.3, 0.4) is 0 Å². The number of halogens is 2. The molecule has 1 aliphatic rings. The van der Waals surface area contributed by atoms with Crippen LogP contribution in [0.1, 0.15) is 18.0 Å². The fourth-order valence-corrected chi connectivity index (χ4v) is 2.69. The van der Waals surface area contributed by atoms with Gasteiger partial charge in [-0.15, -0.1) is 0 Å². The zero-order chi connectivity index (χ0) is 13.0. The predicted molar refractivity (Wildman–Crippen MR) is 70.3 cm³/mol. The highest BCUT2D eigenvalue weighted by atomic mass is 35.5. The standard InChI is InChI=1S/C13H18ClFN2O/c14-10-3-1-4-11(15)13(10)12(9-18)17-7-2-5-16-6-8-17/h1,3-4,12,16,18H,2,5-9H2. The van der Waals surface area contributed by atoms with E-state index in [0.717, 1.165) is 32.6 Å². The lowest BCUT2D eigenvalue weighted by Crippen LogP contribution is -2.34. The largest absolute Gasteiger partial charge is 0.394 e. The quantitative estimate of drug-likeness (QED) is 0.881. The molecule has 2 N–H and O–H groups in total. The Balaban J connectivity index is 2.26. The first-order chi connectivity index (χ1) is 8.74. The average molecular weight is 273 g/mol. The second kappa shape index (κ2) is 6.48. The molecular formula is C13H18ClFN2O. The van der Waals surface area contributed by atoms with Crippen molar-refractivity contribution < 1.29 is 9.50 Å². The fraction of sp³-hybridized carbons (Fsp3) is 0.538. The SMILES string of the molecule is OCC(c1c(F)cccc1Cl)N1CCCNCC1. The summed E-state index contributed by atoms with van der Waals surface area (Å²) in [5.74, 6) is -0.348. The summed E-state index contributed by atoms with van der Waals surface area (Å²) in [6.45, 7) is 3.31. The molecule has 1 unspecified atom stereocenters. The summed E-state index contributed by atoms with van der Waals surface area (Å²) in [4.78, 5) is 2.09. The first kappa shape index (κ1) is 13.7. The predicted octanol–water partition coefficient (Wildman–Crippen LogP) is 1.81. The first-order valence-electron chi connectivity index (χ1n) is 6.23. The molecule has 0 radical (unpaired) electrons. The third kappa shape index (κ3) is 3.01. The summed E-state index contributed by atoms with van der Waals surface area (Å²) in [6, 6.07) is 4.27. The Morgan fingerprint density at radius 1 is 1.39 bits per heavy atom. The highest BCUT2D eigenvalue weighted by Gasteiger charge is 2.25. The zero-order valence-corrected chi connectivity index (χ0v) is 11.0. The van der Waals surface area contributed by atoms with Gasteiger partial charge in [0.25, 0.3) is 0 Å². The van der Waals surface area contributed by atoms with Gasteiger partial charge in [0.1, 0.15) is 5.82 Å². The van der Waals surface area contributed by atoms with E-state index in [1.165, 1.54) is 6.07 Å². The summed E-state index contributed by atoms with van der Waals surface area (Å²) < 4.78 is 13.9. The van der Waals surface area contributed by atoms with Gasteiger partial charge in [-0.2, -0.15) is 0 Å². The molecule has 1 aromatic rings. The number of aliphatic hydroxyl groups excluding tert-OH is 1. The molecule has 0 saturated carbocycles. The van der Waals surface area contributed by atoms with Crippen molar-refractivity contribution in [2.45, 2.75) is 12.5 Å². The molecule has 3 nitrogen and oxygen atoms in total. The van der Waals surface area contributed by atoms with E-state index in [0.29, 0.717) is 10.6 Å². The van der Waals surface area contributed by atoms with Crippen LogP contribution in [0.5, 0.6) is 0 Å². The molecule has 18 heavy (non-hydrogen) atoms. The van der Waals surface area contributed by atoms with Crippen LogP contribution < -0.4 is 5.32 Å². The number of aliphatic hydroxyl groups is 1. The molecule has 1 aromatic carbocycles. The van der Waals surface area contributed by atoms with Crippen molar-refractivity contribution in [3.63, 3.8) is 0 Å². The van der Waals surface area contributed by atoms with Crippen LogP contribution in [0.4, 0.5) is 4.39 Å². The maximum atomic E-state index is 13.9. The third-order valence-electron chi connectivity index (χ3n) is 3.32. The maximum absolute atomic E-state index is 13.9. The van der Waals surface area contributed by atoms with E-state index in [4.69, 9.17) is 11.6 Å². The van der Waals surface area contributed by atoms with Gasteiger partial charge in [-0.1, -0.05) is 17.7 Å². The molecule has 100 valence electrons. The van der Waals surface area contributed by atoms with Gasteiger partial charge in [-0.3, -0.25) is 4.90 Å². The van der Waals surface area contributed by atoms with Gasteiger partial charge in [0.05, 0.1) is 12.6 Å². The summed E-state index contributed by atoms with van der Waals surface area (Å²) in [6.07, 6.45) is 0.989. The van der Waals surface area contributed by atoms with Crippen molar-refractivity contribution in [3.05, 3.63) is 34.6 Å². The highest BCUT2D eigenvalue weighted by molar-refractivity contribution is 6.31. The number of nitrogens with zero attached hydrogens (tertiary/aromatic N) is 1. The fourth-order valence-electron chi connectivity index (χ4n) is 2.40. The van der Waals surface area contributed by atoms with E-state index in [1.54, 1.807) is 12.1 Å². The van der Waals surface area contributed by atoms with E-state index in [1.807, 2.05) is 0 Å². The van der Waals surface area contributed by atoms with Crippen molar-refractivity contribution in [1.82, 2.24) is 10.2 Å². The summed E-state index contributed by atoms with van der Waals surface area (Å²) in [5.41, 5.74) is 0.406.